The molecule has 0 aliphatic carbocycles. The van der Waals surface area contributed by atoms with Crippen LogP contribution < -0.4 is 14.2 Å². The highest BCUT2D eigenvalue weighted by Gasteiger charge is 2.25. The van der Waals surface area contributed by atoms with E-state index in [2.05, 4.69) is 5.32 Å². The van der Waals surface area contributed by atoms with E-state index in [0.29, 0.717) is 29.0 Å². The molecule has 0 unspecified atom stereocenters. The Kier molecular flexibility index (Phi) is 5.48. The molecule has 0 spiro atoms. The van der Waals surface area contributed by atoms with Gasteiger partial charge >= 0.3 is 10.1 Å². The highest BCUT2D eigenvalue weighted by molar-refractivity contribution is 7.87. The molecule has 3 aromatic rings. The van der Waals surface area contributed by atoms with Crippen molar-refractivity contribution in [2.45, 2.75) is 17.7 Å². The van der Waals surface area contributed by atoms with Crippen LogP contribution in [-0.2, 0) is 21.3 Å². The van der Waals surface area contributed by atoms with E-state index in [-0.39, 0.29) is 34.3 Å². The first-order valence-corrected chi connectivity index (χ1v) is 10.9. The fourth-order valence-electron chi connectivity index (χ4n) is 3.31. The number of amides is 1. The quantitative estimate of drug-likeness (QED) is 0.468. The number of carbonyl (C=O) groups excluding carboxylic acids is 2. The van der Waals surface area contributed by atoms with Crippen molar-refractivity contribution in [3.63, 3.8) is 0 Å². The predicted octanol–water partition coefficient (Wildman–Crippen LogP) is 3.58. The lowest BCUT2D eigenvalue weighted by Gasteiger charge is -2.18. The van der Waals surface area contributed by atoms with Crippen molar-refractivity contribution in [1.29, 1.82) is 0 Å². The monoisotopic (exact) mass is 437 g/mol. The number of rotatable bonds is 6. The molecule has 3 aromatic carbocycles. The molecule has 0 saturated heterocycles. The third-order valence-electron chi connectivity index (χ3n) is 4.93. The van der Waals surface area contributed by atoms with E-state index >= 15 is 0 Å². The highest BCUT2D eigenvalue weighted by Crippen LogP contribution is 2.31. The van der Waals surface area contributed by atoms with Gasteiger partial charge in [-0.3, -0.25) is 9.59 Å². The normalized spacial score (nSPS) is 13.1. The minimum Gasteiger partial charge on any atom is -0.497 e. The standard InChI is InChI=1S/C23H19NO6S/c1-29-17-8-10-19(23(26)15-5-3-2-4-6-15)21(14-17)30-31(27,28)18-9-11-20-16(13-18)7-12-22(25)24-20/h2-6,8-11,13-14H,7,12H2,1H3,(H,24,25). The van der Waals surface area contributed by atoms with Gasteiger partial charge in [-0.25, -0.2) is 0 Å². The van der Waals surface area contributed by atoms with Crippen molar-refractivity contribution in [1.82, 2.24) is 0 Å². The maximum atomic E-state index is 13.0. The van der Waals surface area contributed by atoms with E-state index in [1.807, 2.05) is 0 Å². The zero-order valence-electron chi connectivity index (χ0n) is 16.6. The molecule has 0 atom stereocenters. The van der Waals surface area contributed by atoms with Crippen LogP contribution in [0.15, 0.2) is 71.6 Å². The van der Waals surface area contributed by atoms with Gasteiger partial charge in [0.1, 0.15) is 10.6 Å². The van der Waals surface area contributed by atoms with Crippen molar-refractivity contribution in [3.05, 3.63) is 83.4 Å². The van der Waals surface area contributed by atoms with Gasteiger partial charge in [-0.1, -0.05) is 30.3 Å². The number of hydrogen-bond donors (Lipinski definition) is 1. The second-order valence-electron chi connectivity index (χ2n) is 6.96. The van der Waals surface area contributed by atoms with Crippen LogP contribution in [0.2, 0.25) is 0 Å². The number of benzene rings is 3. The van der Waals surface area contributed by atoms with E-state index in [1.165, 1.54) is 37.4 Å². The van der Waals surface area contributed by atoms with E-state index in [4.69, 9.17) is 8.92 Å². The average Bonchev–Trinajstić information content (AvgIpc) is 2.78. The average molecular weight is 437 g/mol. The number of hydrogen-bond acceptors (Lipinski definition) is 6. The van der Waals surface area contributed by atoms with Gasteiger partial charge in [0.05, 0.1) is 12.7 Å². The van der Waals surface area contributed by atoms with Crippen molar-refractivity contribution in [2.24, 2.45) is 0 Å². The van der Waals surface area contributed by atoms with Crippen LogP contribution in [0.5, 0.6) is 11.5 Å². The summed E-state index contributed by atoms with van der Waals surface area (Å²) < 4.78 is 36.6. The Bertz CT molecular complexity index is 1270. The summed E-state index contributed by atoms with van der Waals surface area (Å²) in [4.78, 5) is 24.4. The molecule has 1 amide bonds. The summed E-state index contributed by atoms with van der Waals surface area (Å²) in [6, 6.07) is 17.3. The van der Waals surface area contributed by atoms with E-state index in [1.54, 1.807) is 36.4 Å². The first-order chi connectivity index (χ1) is 14.9. The van der Waals surface area contributed by atoms with Crippen LogP contribution in [0.1, 0.15) is 27.9 Å². The van der Waals surface area contributed by atoms with E-state index in [0.717, 1.165) is 0 Å². The Hall–Kier alpha value is -3.65. The Morgan fingerprint density at radius 1 is 0.968 bits per heavy atom. The van der Waals surface area contributed by atoms with Crippen molar-refractivity contribution < 1.29 is 26.9 Å². The Morgan fingerprint density at radius 3 is 2.48 bits per heavy atom. The lowest BCUT2D eigenvalue weighted by Crippen LogP contribution is -2.20. The second-order valence-corrected chi connectivity index (χ2v) is 8.51. The molecule has 0 bridgehead atoms. The van der Waals surface area contributed by atoms with Crippen LogP contribution in [-0.4, -0.2) is 27.2 Å². The van der Waals surface area contributed by atoms with Gasteiger partial charge in [0, 0.05) is 23.7 Å². The zero-order valence-corrected chi connectivity index (χ0v) is 17.4. The second kappa shape index (κ2) is 8.23. The fourth-order valence-corrected chi connectivity index (χ4v) is 4.30. The van der Waals surface area contributed by atoms with Crippen LogP contribution in [0, 0.1) is 0 Å². The number of aryl methyl sites for hydroxylation is 1. The molecule has 1 aliphatic rings. The number of ether oxygens (including phenoxy) is 1. The minimum absolute atomic E-state index is 0.0664. The Morgan fingerprint density at radius 2 is 1.74 bits per heavy atom. The maximum absolute atomic E-state index is 13.0. The zero-order chi connectivity index (χ0) is 22.0. The van der Waals surface area contributed by atoms with Crippen LogP contribution >= 0.6 is 0 Å². The molecule has 0 radical (unpaired) electrons. The number of fused-ring (bicyclic) bond motifs is 1. The molecule has 0 fully saturated rings. The molecule has 0 saturated carbocycles. The number of ketones is 1. The molecule has 4 rings (SSSR count). The van der Waals surface area contributed by atoms with Crippen molar-refractivity contribution in [2.75, 3.05) is 12.4 Å². The van der Waals surface area contributed by atoms with Crippen molar-refractivity contribution >= 4 is 27.5 Å². The predicted molar refractivity (Wildman–Crippen MR) is 114 cm³/mol. The third-order valence-corrected chi connectivity index (χ3v) is 6.16. The summed E-state index contributed by atoms with van der Waals surface area (Å²) in [6.07, 6.45) is 0.713. The summed E-state index contributed by atoms with van der Waals surface area (Å²) in [7, 11) is -2.81. The minimum atomic E-state index is -4.24. The molecule has 1 heterocycles. The largest absolute Gasteiger partial charge is 0.497 e. The van der Waals surface area contributed by atoms with Gasteiger partial charge in [0.2, 0.25) is 5.91 Å². The SMILES string of the molecule is COc1ccc(C(=O)c2ccccc2)c(OS(=O)(=O)c2ccc3c(c2)CCC(=O)N3)c1. The molecular formula is C23H19NO6S. The van der Waals surface area contributed by atoms with Crippen LogP contribution in [0.4, 0.5) is 5.69 Å². The number of carbonyl (C=O) groups is 2. The van der Waals surface area contributed by atoms with E-state index in [9.17, 15) is 18.0 Å². The number of methoxy groups -OCH3 is 1. The van der Waals surface area contributed by atoms with Crippen molar-refractivity contribution in [3.8, 4) is 11.5 Å². The smallest absolute Gasteiger partial charge is 0.339 e. The summed E-state index contributed by atoms with van der Waals surface area (Å²) in [5.74, 6) is -0.261. The molecule has 1 N–H and O–H groups in total. The summed E-state index contributed by atoms with van der Waals surface area (Å²) >= 11 is 0. The Balaban J connectivity index is 1.71. The highest BCUT2D eigenvalue weighted by atomic mass is 32.2. The number of nitrogens with one attached hydrogen (secondary N) is 1. The van der Waals surface area contributed by atoms with Gasteiger partial charge in [-0.2, -0.15) is 8.42 Å². The fraction of sp³-hybridized carbons (Fsp3) is 0.130. The van der Waals surface area contributed by atoms with Gasteiger partial charge in [-0.05, 0) is 42.3 Å². The summed E-state index contributed by atoms with van der Waals surface area (Å²) in [6.45, 7) is 0. The Labute approximate surface area is 179 Å². The first-order valence-electron chi connectivity index (χ1n) is 9.52. The van der Waals surface area contributed by atoms with Crippen LogP contribution in [0.3, 0.4) is 0 Å². The van der Waals surface area contributed by atoms with Gasteiger partial charge < -0.3 is 14.2 Å². The number of anilines is 1. The van der Waals surface area contributed by atoms with Gasteiger partial charge in [0.25, 0.3) is 0 Å². The van der Waals surface area contributed by atoms with Crippen LogP contribution in [0.25, 0.3) is 0 Å². The lowest BCUT2D eigenvalue weighted by atomic mass is 10.0. The first kappa shape index (κ1) is 20.6. The maximum Gasteiger partial charge on any atom is 0.339 e. The molecule has 7 nitrogen and oxygen atoms in total. The third kappa shape index (κ3) is 4.29. The summed E-state index contributed by atoms with van der Waals surface area (Å²) in [5.41, 5.74) is 1.78. The molecule has 31 heavy (non-hydrogen) atoms. The lowest BCUT2D eigenvalue weighted by molar-refractivity contribution is -0.116. The van der Waals surface area contributed by atoms with E-state index < -0.39 is 10.1 Å². The van der Waals surface area contributed by atoms with Gasteiger partial charge in [-0.15, -0.1) is 0 Å². The molecule has 8 heteroatoms. The molecule has 1 aliphatic heterocycles. The molecule has 0 aromatic heterocycles. The summed E-state index contributed by atoms with van der Waals surface area (Å²) in [5, 5.41) is 2.71. The molecular weight excluding hydrogens is 418 g/mol. The van der Waals surface area contributed by atoms with Gasteiger partial charge in [0.15, 0.2) is 11.5 Å². The topological polar surface area (TPSA) is 98.8 Å². The molecule has 158 valence electrons.